The zero-order valence-corrected chi connectivity index (χ0v) is 32.3. The fourth-order valence-electron chi connectivity index (χ4n) is 9.09. The number of benzene rings is 7. The molecular weight excluding hydrogens is 733 g/mol. The molecule has 0 bridgehead atoms. The zero-order valence-electron chi connectivity index (χ0n) is 30.7. The molecule has 0 fully saturated rings. The summed E-state index contributed by atoms with van der Waals surface area (Å²) >= 11 is 3.74. The molecule has 7 aromatic carbocycles. The third kappa shape index (κ3) is 5.18. The number of nitrogens with zero attached hydrogens (tertiary/aromatic N) is 3. The van der Waals surface area contributed by atoms with Crippen molar-refractivity contribution in [2.24, 2.45) is 9.98 Å². The molecule has 3 aliphatic rings. The first-order chi connectivity index (χ1) is 28.3. The molecule has 0 spiro atoms. The van der Waals surface area contributed by atoms with Crippen molar-refractivity contribution in [2.45, 2.75) is 18.1 Å². The molecule has 1 N–H and O–H groups in total. The highest BCUT2D eigenvalue weighted by Crippen LogP contribution is 2.52. The van der Waals surface area contributed by atoms with E-state index in [2.05, 4.69) is 180 Å². The minimum absolute atomic E-state index is 0.245. The average molecular weight is 767 g/mol. The SMILES string of the molecule is C1=CC2c3ccccc3N(c3cccc4sc5c(-c6ccc7c(c6)sc6c(C8=NC(c9ccccc9)NC(c9ccccc9)=N8)cccc67)cccc5c34)C2C=C1. The third-order valence-electron chi connectivity index (χ3n) is 11.7. The Balaban J connectivity index is 0.983. The highest BCUT2D eigenvalue weighted by molar-refractivity contribution is 7.27. The van der Waals surface area contributed by atoms with Gasteiger partial charge < -0.3 is 10.2 Å². The van der Waals surface area contributed by atoms with E-state index in [0.717, 1.165) is 28.4 Å². The first-order valence-electron chi connectivity index (χ1n) is 19.4. The Labute approximate surface area is 338 Å². The van der Waals surface area contributed by atoms with Crippen molar-refractivity contribution in [3.63, 3.8) is 0 Å². The van der Waals surface area contributed by atoms with Crippen molar-refractivity contribution >= 4 is 86.1 Å². The van der Waals surface area contributed by atoms with E-state index >= 15 is 0 Å². The molecule has 9 aromatic rings. The molecule has 3 unspecified atom stereocenters. The third-order valence-corrected chi connectivity index (χ3v) is 14.1. The number of aliphatic imine (C=N–C) groups is 2. The summed E-state index contributed by atoms with van der Waals surface area (Å²) in [6.45, 7) is 0. The Morgan fingerprint density at radius 3 is 2.16 bits per heavy atom. The van der Waals surface area contributed by atoms with Crippen LogP contribution in [0, 0.1) is 0 Å². The zero-order chi connectivity index (χ0) is 37.5. The molecular formula is C51H34N4S2. The van der Waals surface area contributed by atoms with Crippen LogP contribution in [0.4, 0.5) is 11.4 Å². The molecule has 57 heavy (non-hydrogen) atoms. The van der Waals surface area contributed by atoms with Gasteiger partial charge in [-0.05, 0) is 52.6 Å². The van der Waals surface area contributed by atoms with Gasteiger partial charge in [-0.1, -0.05) is 152 Å². The number of amidine groups is 2. The van der Waals surface area contributed by atoms with Crippen LogP contribution >= 0.6 is 22.7 Å². The van der Waals surface area contributed by atoms with Crippen LogP contribution < -0.4 is 10.2 Å². The first kappa shape index (κ1) is 32.6. The van der Waals surface area contributed by atoms with Crippen molar-refractivity contribution in [3.05, 3.63) is 204 Å². The minimum Gasteiger partial charge on any atom is -0.344 e. The van der Waals surface area contributed by atoms with E-state index in [1.165, 1.54) is 68.4 Å². The standard InChI is InChI=1S/C51H34N4S2/c1-3-14-31(15-4-1)49-52-50(32-16-5-2-6-17-32)54-51(53-49)40-23-12-21-38-37-29-28-33(30-45(37)57-48(38)40)34-20-11-22-39-46-43(26-13-27-44(46)56-47(34)39)55-41-24-9-7-18-35(41)36-19-8-10-25-42(36)55/h1-30,35,41,49H,(H,52,53,54). The maximum absolute atomic E-state index is 5.22. The first-order valence-corrected chi connectivity index (χ1v) is 21.1. The molecule has 12 rings (SSSR count). The molecule has 3 atom stereocenters. The van der Waals surface area contributed by atoms with Gasteiger partial charge in [0.1, 0.15) is 12.0 Å². The van der Waals surface area contributed by atoms with Crippen LogP contribution in [0.2, 0.25) is 0 Å². The Hall–Kier alpha value is -6.60. The number of hydrogen-bond acceptors (Lipinski definition) is 6. The maximum Gasteiger partial charge on any atom is 0.160 e. The Kier molecular flexibility index (Phi) is 7.43. The molecule has 0 radical (unpaired) electrons. The fraction of sp³-hybridized carbons (Fsp3) is 0.0588. The summed E-state index contributed by atoms with van der Waals surface area (Å²) in [5.74, 6) is 1.92. The maximum atomic E-state index is 5.22. The summed E-state index contributed by atoms with van der Waals surface area (Å²) < 4.78 is 5.09. The van der Waals surface area contributed by atoms with Gasteiger partial charge in [0.25, 0.3) is 0 Å². The van der Waals surface area contributed by atoms with Gasteiger partial charge >= 0.3 is 0 Å². The normalized spacial score (nSPS) is 18.5. The molecule has 0 saturated carbocycles. The largest absolute Gasteiger partial charge is 0.344 e. The second kappa shape index (κ2) is 13.0. The fourth-order valence-corrected chi connectivity index (χ4v) is 11.6. The van der Waals surface area contributed by atoms with Crippen molar-refractivity contribution < 1.29 is 0 Å². The van der Waals surface area contributed by atoms with Crippen LogP contribution in [0.15, 0.2) is 192 Å². The summed E-state index contributed by atoms with van der Waals surface area (Å²) in [6, 6.07) is 57.2. The molecule has 4 heterocycles. The highest BCUT2D eigenvalue weighted by atomic mass is 32.1. The molecule has 270 valence electrons. The summed E-state index contributed by atoms with van der Waals surface area (Å²) in [4.78, 5) is 13.0. The molecule has 4 nitrogen and oxygen atoms in total. The van der Waals surface area contributed by atoms with Crippen molar-refractivity contribution in [3.8, 4) is 11.1 Å². The van der Waals surface area contributed by atoms with Gasteiger partial charge in [0.15, 0.2) is 5.84 Å². The van der Waals surface area contributed by atoms with Gasteiger partial charge in [-0.25, -0.2) is 9.98 Å². The van der Waals surface area contributed by atoms with Gasteiger partial charge in [0.05, 0.1) is 11.7 Å². The van der Waals surface area contributed by atoms with Crippen molar-refractivity contribution in [1.29, 1.82) is 0 Å². The average Bonchev–Trinajstić information content (AvgIpc) is 3.96. The number of hydrogen-bond donors (Lipinski definition) is 1. The topological polar surface area (TPSA) is 40.0 Å². The van der Waals surface area contributed by atoms with Crippen molar-refractivity contribution in [2.75, 3.05) is 4.90 Å². The van der Waals surface area contributed by atoms with Crippen molar-refractivity contribution in [1.82, 2.24) is 5.32 Å². The van der Waals surface area contributed by atoms with E-state index in [1.54, 1.807) is 0 Å². The second-order valence-corrected chi connectivity index (χ2v) is 17.0. The van der Waals surface area contributed by atoms with Gasteiger partial charge in [0, 0.05) is 63.1 Å². The quantitative estimate of drug-likeness (QED) is 0.189. The van der Waals surface area contributed by atoms with Gasteiger partial charge in [-0.3, -0.25) is 0 Å². The number of rotatable bonds is 5. The predicted octanol–water partition coefficient (Wildman–Crippen LogP) is 13.3. The summed E-state index contributed by atoms with van der Waals surface area (Å²) in [5.41, 5.74) is 9.67. The summed E-state index contributed by atoms with van der Waals surface area (Å²) in [7, 11) is 0. The number of allylic oxidation sites excluding steroid dienone is 2. The summed E-state index contributed by atoms with van der Waals surface area (Å²) in [5, 5.41) is 8.73. The number of para-hydroxylation sites is 1. The van der Waals surface area contributed by atoms with E-state index < -0.39 is 0 Å². The monoisotopic (exact) mass is 766 g/mol. The molecule has 6 heteroatoms. The lowest BCUT2D eigenvalue weighted by molar-refractivity contribution is 0.674. The number of thiophene rings is 2. The van der Waals surface area contributed by atoms with Gasteiger partial charge in [0.2, 0.25) is 0 Å². The highest BCUT2D eigenvalue weighted by Gasteiger charge is 2.38. The Morgan fingerprint density at radius 1 is 0.544 bits per heavy atom. The van der Waals surface area contributed by atoms with E-state index in [9.17, 15) is 0 Å². The van der Waals surface area contributed by atoms with Crippen LogP contribution in [-0.2, 0) is 0 Å². The minimum atomic E-state index is -0.245. The molecule has 0 amide bonds. The lowest BCUT2D eigenvalue weighted by atomic mass is 9.91. The van der Waals surface area contributed by atoms with Crippen LogP contribution in [0.25, 0.3) is 51.5 Å². The predicted molar refractivity (Wildman–Crippen MR) is 243 cm³/mol. The Morgan fingerprint density at radius 2 is 1.26 bits per heavy atom. The van der Waals surface area contributed by atoms with Gasteiger partial charge in [-0.2, -0.15) is 0 Å². The van der Waals surface area contributed by atoms with E-state index in [4.69, 9.17) is 9.98 Å². The second-order valence-electron chi connectivity index (χ2n) is 14.9. The molecule has 2 aromatic heterocycles. The van der Waals surface area contributed by atoms with Gasteiger partial charge in [-0.15, -0.1) is 22.7 Å². The molecule has 0 saturated heterocycles. The van der Waals surface area contributed by atoms with E-state index in [0.29, 0.717) is 5.92 Å². The van der Waals surface area contributed by atoms with E-state index in [1.807, 2.05) is 34.8 Å². The summed E-state index contributed by atoms with van der Waals surface area (Å²) in [6.07, 6.45) is 8.87. The van der Waals surface area contributed by atoms with Crippen LogP contribution in [0.1, 0.15) is 34.3 Å². The van der Waals surface area contributed by atoms with Crippen LogP contribution in [0.5, 0.6) is 0 Å². The lowest BCUT2D eigenvalue weighted by Crippen LogP contribution is -2.33. The molecule has 1 aliphatic carbocycles. The smallest absolute Gasteiger partial charge is 0.160 e. The van der Waals surface area contributed by atoms with Crippen LogP contribution in [-0.4, -0.2) is 17.7 Å². The van der Waals surface area contributed by atoms with E-state index in [-0.39, 0.29) is 12.2 Å². The lowest BCUT2D eigenvalue weighted by Gasteiger charge is -2.29. The molecule has 2 aliphatic heterocycles. The number of fused-ring (bicyclic) bond motifs is 9. The number of nitrogens with one attached hydrogen (secondary N) is 1. The Bertz CT molecular complexity index is 3190. The number of anilines is 2. The van der Waals surface area contributed by atoms with Crippen LogP contribution in [0.3, 0.4) is 0 Å².